The summed E-state index contributed by atoms with van der Waals surface area (Å²) < 4.78 is 1.20. The Morgan fingerprint density at radius 3 is 1.55 bits per heavy atom. The maximum Gasteiger partial charge on any atom is 0.164 e. The summed E-state index contributed by atoms with van der Waals surface area (Å²) in [7, 11) is 0. The van der Waals surface area contributed by atoms with Gasteiger partial charge in [-0.1, -0.05) is 152 Å². The zero-order valence-corrected chi connectivity index (χ0v) is 27.2. The first-order chi connectivity index (χ1) is 24.3. The van der Waals surface area contributed by atoms with E-state index >= 15 is 0 Å². The van der Waals surface area contributed by atoms with E-state index in [2.05, 4.69) is 103 Å². The number of benzene rings is 7. The van der Waals surface area contributed by atoms with Crippen molar-refractivity contribution in [3.63, 3.8) is 0 Å². The van der Waals surface area contributed by atoms with Crippen molar-refractivity contribution in [2.75, 3.05) is 0 Å². The van der Waals surface area contributed by atoms with Gasteiger partial charge in [0.25, 0.3) is 0 Å². The molecule has 0 N–H and O–H groups in total. The zero-order chi connectivity index (χ0) is 32.6. The summed E-state index contributed by atoms with van der Waals surface area (Å²) in [6, 6.07) is 58.9. The summed E-state index contributed by atoms with van der Waals surface area (Å²) in [6.45, 7) is 0. The van der Waals surface area contributed by atoms with Gasteiger partial charge in [-0.3, -0.25) is 0 Å². The lowest BCUT2D eigenvalue weighted by atomic mass is 9.93. The molecule has 4 nitrogen and oxygen atoms in total. The van der Waals surface area contributed by atoms with Crippen molar-refractivity contribution < 1.29 is 0 Å². The van der Waals surface area contributed by atoms with Crippen LogP contribution in [0.25, 0.3) is 88.0 Å². The van der Waals surface area contributed by atoms with Crippen LogP contribution in [0, 0.1) is 0 Å². The number of rotatable bonds is 6. The fourth-order valence-electron chi connectivity index (χ4n) is 6.35. The summed E-state index contributed by atoms with van der Waals surface area (Å²) in [6.07, 6.45) is 0. The molecule has 230 valence electrons. The molecule has 0 unspecified atom stereocenters. The highest BCUT2D eigenvalue weighted by Gasteiger charge is 2.16. The van der Waals surface area contributed by atoms with Gasteiger partial charge in [0, 0.05) is 22.3 Å². The van der Waals surface area contributed by atoms with Gasteiger partial charge in [0.2, 0.25) is 0 Å². The lowest BCUT2D eigenvalue weighted by Gasteiger charge is -2.13. The van der Waals surface area contributed by atoms with Crippen molar-refractivity contribution in [1.29, 1.82) is 0 Å². The highest BCUT2D eigenvalue weighted by molar-refractivity contribution is 7.21. The quantitative estimate of drug-likeness (QED) is 0.181. The fraction of sp³-hybridized carbons (Fsp3) is 0. The largest absolute Gasteiger partial charge is 0.236 e. The van der Waals surface area contributed by atoms with E-state index in [1.807, 2.05) is 66.7 Å². The van der Waals surface area contributed by atoms with Crippen LogP contribution >= 0.6 is 11.3 Å². The second-order valence-corrected chi connectivity index (χ2v) is 12.9. The van der Waals surface area contributed by atoms with Crippen LogP contribution in [0.2, 0.25) is 0 Å². The Balaban J connectivity index is 1.11. The highest BCUT2D eigenvalue weighted by Crippen LogP contribution is 2.37. The van der Waals surface area contributed by atoms with Crippen LogP contribution in [0.15, 0.2) is 170 Å². The monoisotopic (exact) mass is 644 g/mol. The Morgan fingerprint density at radius 1 is 0.327 bits per heavy atom. The number of para-hydroxylation sites is 1. The number of hydrogen-bond donors (Lipinski definition) is 0. The van der Waals surface area contributed by atoms with Gasteiger partial charge in [-0.05, 0) is 51.2 Å². The summed E-state index contributed by atoms with van der Waals surface area (Å²) in [4.78, 5) is 19.8. The normalized spacial score (nSPS) is 11.3. The number of aromatic nitrogens is 4. The SMILES string of the molecule is c1ccc(-c2nc(-c3ccccc3)nc(-c3cccc4c(-c5cccc(-c6ccc(-c7nc8ccccc8s7)cc6)c5)cccc34)n2)cc1. The van der Waals surface area contributed by atoms with Crippen molar-refractivity contribution in [3.8, 4) is 67.0 Å². The first-order valence-corrected chi connectivity index (χ1v) is 17.0. The maximum absolute atomic E-state index is 5.02. The minimum Gasteiger partial charge on any atom is -0.236 e. The predicted molar refractivity (Wildman–Crippen MR) is 203 cm³/mol. The van der Waals surface area contributed by atoms with E-state index in [0.717, 1.165) is 54.7 Å². The third kappa shape index (κ3) is 5.56. The number of nitrogens with zero attached hydrogens (tertiary/aromatic N) is 4. The molecule has 0 radical (unpaired) electrons. The third-order valence-corrected chi connectivity index (χ3v) is 9.88. The van der Waals surface area contributed by atoms with Gasteiger partial charge in [-0.25, -0.2) is 19.9 Å². The first kappa shape index (κ1) is 28.9. The summed E-state index contributed by atoms with van der Waals surface area (Å²) in [5.74, 6) is 1.95. The molecule has 0 amide bonds. The molecule has 49 heavy (non-hydrogen) atoms. The second-order valence-electron chi connectivity index (χ2n) is 11.9. The maximum atomic E-state index is 5.02. The molecule has 5 heteroatoms. The van der Waals surface area contributed by atoms with Crippen molar-refractivity contribution in [2.24, 2.45) is 0 Å². The molecule has 9 aromatic rings. The van der Waals surface area contributed by atoms with Gasteiger partial charge in [0.05, 0.1) is 10.2 Å². The molecule has 7 aromatic carbocycles. The molecular weight excluding hydrogens is 617 g/mol. The topological polar surface area (TPSA) is 51.6 Å². The van der Waals surface area contributed by atoms with Gasteiger partial charge in [-0.15, -0.1) is 11.3 Å². The number of thiazole rings is 1. The average Bonchev–Trinajstić information content (AvgIpc) is 3.63. The number of hydrogen-bond acceptors (Lipinski definition) is 5. The Bertz CT molecular complexity index is 2500. The van der Waals surface area contributed by atoms with Crippen LogP contribution in [-0.4, -0.2) is 19.9 Å². The molecule has 0 aliphatic heterocycles. The minimum absolute atomic E-state index is 0.650. The van der Waals surface area contributed by atoms with Crippen molar-refractivity contribution in [1.82, 2.24) is 19.9 Å². The Morgan fingerprint density at radius 2 is 0.857 bits per heavy atom. The van der Waals surface area contributed by atoms with E-state index in [4.69, 9.17) is 19.9 Å². The van der Waals surface area contributed by atoms with Gasteiger partial charge in [-0.2, -0.15) is 0 Å². The molecule has 0 spiro atoms. The van der Waals surface area contributed by atoms with Crippen LogP contribution in [-0.2, 0) is 0 Å². The van der Waals surface area contributed by atoms with Crippen LogP contribution < -0.4 is 0 Å². The van der Waals surface area contributed by atoms with Gasteiger partial charge in [0.15, 0.2) is 17.5 Å². The highest BCUT2D eigenvalue weighted by atomic mass is 32.1. The van der Waals surface area contributed by atoms with E-state index in [1.165, 1.54) is 15.8 Å². The molecule has 9 rings (SSSR count). The molecule has 0 saturated heterocycles. The van der Waals surface area contributed by atoms with Crippen LogP contribution in [0.4, 0.5) is 0 Å². The number of fused-ring (bicyclic) bond motifs is 2. The van der Waals surface area contributed by atoms with Crippen LogP contribution in [0.3, 0.4) is 0 Å². The summed E-state index contributed by atoms with van der Waals surface area (Å²) in [5.41, 5.74) is 9.70. The first-order valence-electron chi connectivity index (χ1n) is 16.2. The molecule has 0 aliphatic rings. The Kier molecular flexibility index (Phi) is 7.30. The predicted octanol–water partition coefficient (Wildman–Crippen LogP) is 11.6. The Labute approximate surface area is 288 Å². The van der Waals surface area contributed by atoms with Gasteiger partial charge < -0.3 is 0 Å². The summed E-state index contributed by atoms with van der Waals surface area (Å²) >= 11 is 1.73. The van der Waals surface area contributed by atoms with Gasteiger partial charge in [0.1, 0.15) is 5.01 Å². The van der Waals surface area contributed by atoms with E-state index < -0.39 is 0 Å². The standard InChI is InChI=1S/C44H28N4S/c1-3-12-30(13-4-1)41-46-42(31-14-5-2-6-15-31)48-43(47-41)38-21-11-19-36-35(18-10-20-37(36)38)34-17-9-16-33(28-34)29-24-26-32(27-25-29)44-45-39-22-7-8-23-40(39)49-44/h1-28H. The fourth-order valence-corrected chi connectivity index (χ4v) is 7.32. The lowest BCUT2D eigenvalue weighted by Crippen LogP contribution is -2.00. The zero-order valence-electron chi connectivity index (χ0n) is 26.4. The molecule has 0 aliphatic carbocycles. The lowest BCUT2D eigenvalue weighted by molar-refractivity contribution is 1.08. The smallest absolute Gasteiger partial charge is 0.164 e. The van der Waals surface area contributed by atoms with Gasteiger partial charge >= 0.3 is 0 Å². The van der Waals surface area contributed by atoms with E-state index in [1.54, 1.807) is 11.3 Å². The van der Waals surface area contributed by atoms with Crippen molar-refractivity contribution in [2.45, 2.75) is 0 Å². The molecule has 0 atom stereocenters. The molecule has 2 heterocycles. The average molecular weight is 645 g/mol. The molecule has 0 saturated carbocycles. The van der Waals surface area contributed by atoms with E-state index in [0.29, 0.717) is 17.5 Å². The molecule has 0 bridgehead atoms. The Hall–Kier alpha value is -6.30. The van der Waals surface area contributed by atoms with Crippen molar-refractivity contribution >= 4 is 32.3 Å². The second kappa shape index (κ2) is 12.4. The van der Waals surface area contributed by atoms with E-state index in [-0.39, 0.29) is 0 Å². The van der Waals surface area contributed by atoms with Crippen LogP contribution in [0.5, 0.6) is 0 Å². The minimum atomic E-state index is 0.650. The van der Waals surface area contributed by atoms with E-state index in [9.17, 15) is 0 Å². The molecular formula is C44H28N4S. The van der Waals surface area contributed by atoms with Crippen LogP contribution in [0.1, 0.15) is 0 Å². The molecule has 0 fully saturated rings. The summed E-state index contributed by atoms with van der Waals surface area (Å²) in [5, 5.41) is 3.28. The van der Waals surface area contributed by atoms with Crippen molar-refractivity contribution in [3.05, 3.63) is 170 Å². The third-order valence-electron chi connectivity index (χ3n) is 8.80. The molecule has 2 aromatic heterocycles.